The summed E-state index contributed by atoms with van der Waals surface area (Å²) < 4.78 is 0. The Labute approximate surface area is 124 Å². The van der Waals surface area contributed by atoms with Gasteiger partial charge in [0, 0.05) is 19.2 Å². The van der Waals surface area contributed by atoms with E-state index in [0.717, 1.165) is 36.7 Å². The predicted octanol–water partition coefficient (Wildman–Crippen LogP) is 3.30. The lowest BCUT2D eigenvalue weighted by molar-refractivity contribution is -0.124. The SMILES string of the molecule is CC(=O)N1CCSC1=NC1CCC2=CCC(C)=CC=C21. The van der Waals surface area contributed by atoms with Crippen LogP contribution in [0.25, 0.3) is 0 Å². The summed E-state index contributed by atoms with van der Waals surface area (Å²) in [5, 5.41) is 0.912. The molecule has 0 radical (unpaired) electrons. The van der Waals surface area contributed by atoms with Crippen LogP contribution in [0.15, 0.2) is 39.9 Å². The van der Waals surface area contributed by atoms with Crippen molar-refractivity contribution >= 4 is 22.8 Å². The molecule has 1 saturated carbocycles. The Morgan fingerprint density at radius 3 is 3.10 bits per heavy atom. The molecule has 0 N–H and O–H groups in total. The number of hydrogen-bond acceptors (Lipinski definition) is 3. The molecule has 1 aliphatic heterocycles. The molecule has 1 amide bonds. The number of amidine groups is 1. The van der Waals surface area contributed by atoms with E-state index < -0.39 is 0 Å². The van der Waals surface area contributed by atoms with E-state index >= 15 is 0 Å². The van der Waals surface area contributed by atoms with Crippen molar-refractivity contribution in [2.45, 2.75) is 39.2 Å². The first kappa shape index (κ1) is 13.7. The van der Waals surface area contributed by atoms with E-state index in [4.69, 9.17) is 4.99 Å². The minimum atomic E-state index is 0.105. The molecular weight excluding hydrogens is 268 g/mol. The third-order valence-electron chi connectivity index (χ3n) is 4.06. The highest BCUT2D eigenvalue weighted by Crippen LogP contribution is 2.36. The van der Waals surface area contributed by atoms with Crippen LogP contribution in [-0.2, 0) is 4.79 Å². The average molecular weight is 288 g/mol. The zero-order valence-electron chi connectivity index (χ0n) is 12.1. The van der Waals surface area contributed by atoms with Crippen molar-refractivity contribution < 1.29 is 4.79 Å². The van der Waals surface area contributed by atoms with E-state index in [1.165, 1.54) is 16.7 Å². The van der Waals surface area contributed by atoms with Crippen molar-refractivity contribution in [3.8, 4) is 0 Å². The predicted molar refractivity (Wildman–Crippen MR) is 84.8 cm³/mol. The Morgan fingerprint density at radius 2 is 2.30 bits per heavy atom. The standard InChI is InChI=1S/C16H20N2OS/c1-11-3-5-13-6-8-15(14(13)7-4-11)17-16-18(12(2)19)9-10-20-16/h4-5,7,15H,3,6,8-10H2,1-2H3. The minimum absolute atomic E-state index is 0.105. The van der Waals surface area contributed by atoms with Crippen molar-refractivity contribution in [3.63, 3.8) is 0 Å². The van der Waals surface area contributed by atoms with Gasteiger partial charge >= 0.3 is 0 Å². The number of rotatable bonds is 1. The van der Waals surface area contributed by atoms with Crippen molar-refractivity contribution in [1.82, 2.24) is 4.90 Å². The van der Waals surface area contributed by atoms with Crippen LogP contribution in [0, 0.1) is 0 Å². The maximum absolute atomic E-state index is 11.6. The third kappa shape index (κ3) is 2.62. The van der Waals surface area contributed by atoms with Crippen molar-refractivity contribution in [1.29, 1.82) is 0 Å². The summed E-state index contributed by atoms with van der Waals surface area (Å²) in [6.07, 6.45) is 10.0. The molecule has 106 valence electrons. The Hall–Kier alpha value is -1.29. The van der Waals surface area contributed by atoms with Gasteiger partial charge in [-0.05, 0) is 37.3 Å². The zero-order valence-corrected chi connectivity index (χ0v) is 12.9. The molecule has 1 atom stereocenters. The fraction of sp³-hybridized carbons (Fsp3) is 0.500. The molecule has 1 heterocycles. The number of hydrogen-bond donors (Lipinski definition) is 0. The summed E-state index contributed by atoms with van der Waals surface area (Å²) in [6.45, 7) is 4.59. The maximum Gasteiger partial charge on any atom is 0.225 e. The van der Waals surface area contributed by atoms with Crippen LogP contribution >= 0.6 is 11.8 Å². The van der Waals surface area contributed by atoms with Gasteiger partial charge in [-0.25, -0.2) is 0 Å². The second-order valence-corrected chi connectivity index (χ2v) is 6.62. The van der Waals surface area contributed by atoms with Crippen LogP contribution in [0.3, 0.4) is 0 Å². The number of fused-ring (bicyclic) bond motifs is 1. The van der Waals surface area contributed by atoms with Crippen LogP contribution in [0.1, 0.15) is 33.1 Å². The Bertz CT molecular complexity index is 557. The quantitative estimate of drug-likeness (QED) is 0.741. The molecule has 2 aliphatic carbocycles. The number of carbonyl (C=O) groups excluding carboxylic acids is 1. The van der Waals surface area contributed by atoms with Gasteiger partial charge in [-0.3, -0.25) is 14.7 Å². The summed E-state index contributed by atoms with van der Waals surface area (Å²) in [5.74, 6) is 1.07. The highest BCUT2D eigenvalue weighted by atomic mass is 32.2. The Morgan fingerprint density at radius 1 is 1.45 bits per heavy atom. The molecule has 2 fully saturated rings. The summed E-state index contributed by atoms with van der Waals surface area (Å²) >= 11 is 1.70. The van der Waals surface area contributed by atoms with E-state index in [1.807, 2.05) is 4.90 Å². The Balaban J connectivity index is 1.87. The molecule has 20 heavy (non-hydrogen) atoms. The van der Waals surface area contributed by atoms with Crippen LogP contribution in [0.4, 0.5) is 0 Å². The van der Waals surface area contributed by atoms with Crippen LogP contribution < -0.4 is 0 Å². The number of carbonyl (C=O) groups is 1. The fourth-order valence-electron chi connectivity index (χ4n) is 2.90. The summed E-state index contributed by atoms with van der Waals surface area (Å²) in [7, 11) is 0. The van der Waals surface area contributed by atoms with Gasteiger partial charge in [0.15, 0.2) is 5.17 Å². The first-order valence-electron chi connectivity index (χ1n) is 7.20. The molecule has 3 nitrogen and oxygen atoms in total. The molecular formula is C16H20N2OS. The zero-order chi connectivity index (χ0) is 14.1. The number of allylic oxidation sites excluding steroid dienone is 4. The average Bonchev–Trinajstić information content (AvgIpc) is 2.97. The molecule has 4 heteroatoms. The highest BCUT2D eigenvalue weighted by Gasteiger charge is 2.29. The summed E-state index contributed by atoms with van der Waals surface area (Å²) in [5.41, 5.74) is 4.20. The van der Waals surface area contributed by atoms with Crippen LogP contribution in [0.5, 0.6) is 0 Å². The molecule has 1 saturated heterocycles. The Kier molecular flexibility index (Phi) is 3.83. The monoisotopic (exact) mass is 288 g/mol. The van der Waals surface area contributed by atoms with Crippen molar-refractivity contribution in [2.24, 2.45) is 4.99 Å². The van der Waals surface area contributed by atoms with Gasteiger partial charge in [-0.15, -0.1) is 0 Å². The van der Waals surface area contributed by atoms with Gasteiger partial charge in [-0.1, -0.05) is 35.6 Å². The van der Waals surface area contributed by atoms with Gasteiger partial charge in [-0.2, -0.15) is 0 Å². The van der Waals surface area contributed by atoms with E-state index in [1.54, 1.807) is 18.7 Å². The lowest BCUT2D eigenvalue weighted by atomic mass is 10.1. The van der Waals surface area contributed by atoms with Gasteiger partial charge in [0.2, 0.25) is 5.91 Å². The molecule has 0 aromatic rings. The lowest BCUT2D eigenvalue weighted by Crippen LogP contribution is -2.30. The normalized spacial score (nSPS) is 27.9. The van der Waals surface area contributed by atoms with E-state index in [9.17, 15) is 4.79 Å². The lowest BCUT2D eigenvalue weighted by Gasteiger charge is -2.15. The summed E-state index contributed by atoms with van der Waals surface area (Å²) in [6, 6.07) is 0.228. The second kappa shape index (κ2) is 5.60. The van der Waals surface area contributed by atoms with E-state index in [-0.39, 0.29) is 11.9 Å². The first-order valence-corrected chi connectivity index (χ1v) is 8.19. The van der Waals surface area contributed by atoms with Crippen LogP contribution in [0.2, 0.25) is 0 Å². The number of amides is 1. The molecule has 0 aromatic carbocycles. The molecule has 3 rings (SSSR count). The van der Waals surface area contributed by atoms with Crippen molar-refractivity contribution in [2.75, 3.05) is 12.3 Å². The topological polar surface area (TPSA) is 32.7 Å². The number of aliphatic imine (C=N–C) groups is 1. The first-order chi connectivity index (χ1) is 9.65. The smallest absolute Gasteiger partial charge is 0.225 e. The third-order valence-corrected chi connectivity index (χ3v) is 5.03. The second-order valence-electron chi connectivity index (χ2n) is 5.55. The van der Waals surface area contributed by atoms with Gasteiger partial charge in [0.05, 0.1) is 6.04 Å². The minimum Gasteiger partial charge on any atom is -0.291 e. The highest BCUT2D eigenvalue weighted by molar-refractivity contribution is 8.14. The van der Waals surface area contributed by atoms with E-state index in [2.05, 4.69) is 25.2 Å². The van der Waals surface area contributed by atoms with Gasteiger partial charge in [0.25, 0.3) is 0 Å². The molecule has 1 unspecified atom stereocenters. The van der Waals surface area contributed by atoms with Crippen LogP contribution in [-0.4, -0.2) is 34.3 Å². The van der Waals surface area contributed by atoms with Gasteiger partial charge in [0.1, 0.15) is 0 Å². The summed E-state index contributed by atoms with van der Waals surface area (Å²) in [4.78, 5) is 18.3. The van der Waals surface area contributed by atoms with Crippen molar-refractivity contribution in [3.05, 3.63) is 34.9 Å². The number of nitrogens with zero attached hydrogens (tertiary/aromatic N) is 2. The molecule has 0 spiro atoms. The van der Waals surface area contributed by atoms with E-state index in [0.29, 0.717) is 0 Å². The maximum atomic E-state index is 11.6. The molecule has 0 bridgehead atoms. The largest absolute Gasteiger partial charge is 0.291 e. The molecule has 3 aliphatic rings. The molecule has 0 aromatic heterocycles. The van der Waals surface area contributed by atoms with Gasteiger partial charge < -0.3 is 0 Å². The fourth-order valence-corrected chi connectivity index (χ4v) is 3.93. The number of thioether (sulfide) groups is 1.